The predicted molar refractivity (Wildman–Crippen MR) is 49.8 cm³/mol. The van der Waals surface area contributed by atoms with Gasteiger partial charge in [-0.2, -0.15) is 0 Å². The number of amides is 1. The molecule has 72 valence electrons. The monoisotopic (exact) mass is 166 g/mol. The van der Waals surface area contributed by atoms with Gasteiger partial charge in [0.1, 0.15) is 0 Å². The van der Waals surface area contributed by atoms with Crippen molar-refractivity contribution in [3.8, 4) is 0 Å². The van der Waals surface area contributed by atoms with Crippen molar-refractivity contribution in [2.45, 2.75) is 13.3 Å². The van der Waals surface area contributed by atoms with Gasteiger partial charge in [0.15, 0.2) is 0 Å². The van der Waals surface area contributed by atoms with Crippen molar-refractivity contribution < 1.29 is 4.79 Å². The van der Waals surface area contributed by atoms with Gasteiger partial charge in [-0.05, 0) is 21.1 Å². The Balaban J connectivity index is -0.0000000350. The zero-order valence-corrected chi connectivity index (χ0v) is 7.92. The van der Waals surface area contributed by atoms with Crippen LogP contribution in [0.2, 0.25) is 0 Å². The Hall–Kier alpha value is -0.650. The van der Waals surface area contributed by atoms with E-state index in [1.807, 2.05) is 0 Å². The molecule has 0 aliphatic carbocycles. The third-order valence-corrected chi connectivity index (χ3v) is 0.348. The van der Waals surface area contributed by atoms with Crippen molar-refractivity contribution in [3.63, 3.8) is 0 Å². The molecule has 5 nitrogen and oxygen atoms in total. The van der Waals surface area contributed by atoms with Crippen molar-refractivity contribution in [2.75, 3.05) is 21.1 Å². The largest absolute Gasteiger partial charge is 0.370 e. The van der Waals surface area contributed by atoms with Gasteiger partial charge in [-0.1, -0.05) is 6.92 Å². The van der Waals surface area contributed by atoms with Crippen molar-refractivity contribution in [1.29, 1.82) is 0 Å². The van der Waals surface area contributed by atoms with E-state index in [0.29, 0.717) is 6.42 Å². The van der Waals surface area contributed by atoms with Crippen LogP contribution in [0.3, 0.4) is 0 Å². The number of hydrogen-bond acceptors (Lipinski definition) is 4. The second-order valence-electron chi connectivity index (χ2n) is 0.820. The molecule has 0 aliphatic rings. The standard InChI is InChI=1S/C3H7NO.3CH5N/c1-2-3(4)5;3*1-2/h2H2,1H3,(H2,4,5);3*2H2,1H3. The van der Waals surface area contributed by atoms with Gasteiger partial charge >= 0.3 is 0 Å². The van der Waals surface area contributed by atoms with E-state index < -0.39 is 0 Å². The lowest BCUT2D eigenvalue weighted by molar-refractivity contribution is -0.117. The average Bonchev–Trinajstić information content (AvgIpc) is 2.15. The van der Waals surface area contributed by atoms with Crippen LogP contribution in [-0.2, 0) is 4.79 Å². The Morgan fingerprint density at radius 2 is 1.09 bits per heavy atom. The summed E-state index contributed by atoms with van der Waals surface area (Å²) in [5, 5.41) is 0. The summed E-state index contributed by atoms with van der Waals surface area (Å²) in [6.45, 7) is 1.72. The van der Waals surface area contributed by atoms with Crippen LogP contribution in [0.25, 0.3) is 0 Å². The number of rotatable bonds is 1. The van der Waals surface area contributed by atoms with Crippen LogP contribution in [0.15, 0.2) is 0 Å². The molecular formula is C6H22N4O. The van der Waals surface area contributed by atoms with Crippen LogP contribution in [-0.4, -0.2) is 27.1 Å². The molecule has 0 aromatic rings. The smallest absolute Gasteiger partial charge is 0.217 e. The summed E-state index contributed by atoms with van der Waals surface area (Å²) in [7, 11) is 4.50. The Kier molecular flexibility index (Phi) is 119. The summed E-state index contributed by atoms with van der Waals surface area (Å²) in [4.78, 5) is 9.59. The van der Waals surface area contributed by atoms with Crippen molar-refractivity contribution >= 4 is 5.91 Å². The Morgan fingerprint density at radius 3 is 1.09 bits per heavy atom. The molecule has 0 heterocycles. The lowest BCUT2D eigenvalue weighted by Gasteiger charge is -1.73. The molecule has 0 saturated heterocycles. The van der Waals surface area contributed by atoms with Crippen molar-refractivity contribution in [2.24, 2.45) is 22.9 Å². The van der Waals surface area contributed by atoms with E-state index in [-0.39, 0.29) is 5.91 Å². The van der Waals surface area contributed by atoms with E-state index in [0.717, 1.165) is 0 Å². The fraction of sp³-hybridized carbons (Fsp3) is 0.833. The highest BCUT2D eigenvalue weighted by Gasteiger charge is 1.77. The van der Waals surface area contributed by atoms with Crippen molar-refractivity contribution in [3.05, 3.63) is 0 Å². The van der Waals surface area contributed by atoms with Crippen LogP contribution >= 0.6 is 0 Å². The SMILES string of the molecule is CCC(N)=O.CN.CN.CN. The van der Waals surface area contributed by atoms with E-state index >= 15 is 0 Å². The molecule has 0 atom stereocenters. The molecule has 5 heteroatoms. The zero-order valence-electron chi connectivity index (χ0n) is 7.92. The predicted octanol–water partition coefficient (Wildman–Crippen LogP) is -1.39. The lowest BCUT2D eigenvalue weighted by Crippen LogP contribution is -2.06. The molecule has 0 unspecified atom stereocenters. The zero-order chi connectivity index (χ0) is 10.3. The number of nitrogens with two attached hydrogens (primary N) is 4. The molecule has 0 bridgehead atoms. The highest BCUT2D eigenvalue weighted by atomic mass is 16.1. The summed E-state index contributed by atoms with van der Waals surface area (Å²) in [6, 6.07) is 0. The highest BCUT2D eigenvalue weighted by molar-refractivity contribution is 5.73. The minimum Gasteiger partial charge on any atom is -0.370 e. The molecule has 0 fully saturated rings. The first-order chi connectivity index (χ1) is 5.27. The molecule has 0 aliphatic heterocycles. The molecule has 8 N–H and O–H groups in total. The molecular weight excluding hydrogens is 144 g/mol. The summed E-state index contributed by atoms with van der Waals surface area (Å²) < 4.78 is 0. The van der Waals surface area contributed by atoms with Gasteiger partial charge in [0.25, 0.3) is 0 Å². The third-order valence-electron chi connectivity index (χ3n) is 0.348. The molecule has 0 aromatic carbocycles. The van der Waals surface area contributed by atoms with E-state index in [9.17, 15) is 4.79 Å². The van der Waals surface area contributed by atoms with Crippen LogP contribution in [0.4, 0.5) is 0 Å². The van der Waals surface area contributed by atoms with Crippen LogP contribution < -0.4 is 22.9 Å². The number of carbonyl (C=O) groups excluding carboxylic acids is 1. The average molecular weight is 166 g/mol. The van der Waals surface area contributed by atoms with Gasteiger partial charge in [-0.15, -0.1) is 0 Å². The summed E-state index contributed by atoms with van der Waals surface area (Å²) in [5.41, 5.74) is 18.2. The lowest BCUT2D eigenvalue weighted by atomic mass is 10.5. The second-order valence-corrected chi connectivity index (χ2v) is 0.820. The third kappa shape index (κ3) is 277. The van der Waals surface area contributed by atoms with Gasteiger partial charge in [0, 0.05) is 6.42 Å². The molecule has 0 rings (SSSR count). The van der Waals surface area contributed by atoms with Crippen LogP contribution in [0, 0.1) is 0 Å². The maximum Gasteiger partial charge on any atom is 0.217 e. The van der Waals surface area contributed by atoms with Gasteiger partial charge in [-0.3, -0.25) is 4.79 Å². The molecule has 0 spiro atoms. The van der Waals surface area contributed by atoms with Crippen LogP contribution in [0.5, 0.6) is 0 Å². The number of hydrogen-bond donors (Lipinski definition) is 4. The molecule has 0 aromatic heterocycles. The Labute approximate surface area is 69.1 Å². The molecule has 1 amide bonds. The van der Waals surface area contributed by atoms with Gasteiger partial charge < -0.3 is 22.9 Å². The maximum atomic E-state index is 9.59. The molecule has 11 heavy (non-hydrogen) atoms. The topological polar surface area (TPSA) is 121 Å². The quantitative estimate of drug-likeness (QED) is 0.383. The first-order valence-electron chi connectivity index (χ1n) is 3.29. The minimum absolute atomic E-state index is 0.245. The molecule has 0 radical (unpaired) electrons. The summed E-state index contributed by atoms with van der Waals surface area (Å²) in [6.07, 6.45) is 0.444. The minimum atomic E-state index is -0.245. The van der Waals surface area contributed by atoms with Gasteiger partial charge in [0.05, 0.1) is 0 Å². The van der Waals surface area contributed by atoms with E-state index in [2.05, 4.69) is 22.9 Å². The van der Waals surface area contributed by atoms with E-state index in [1.165, 1.54) is 21.1 Å². The fourth-order valence-corrected chi connectivity index (χ4v) is 0. The normalized spacial score (nSPS) is 5.00. The number of carbonyl (C=O) groups is 1. The van der Waals surface area contributed by atoms with Gasteiger partial charge in [-0.25, -0.2) is 0 Å². The van der Waals surface area contributed by atoms with E-state index in [1.54, 1.807) is 6.92 Å². The first kappa shape index (κ1) is 22.4. The molecule has 0 saturated carbocycles. The van der Waals surface area contributed by atoms with Gasteiger partial charge in [0.2, 0.25) is 5.91 Å². The highest BCUT2D eigenvalue weighted by Crippen LogP contribution is 1.63. The fourth-order valence-electron chi connectivity index (χ4n) is 0. The summed E-state index contributed by atoms with van der Waals surface area (Å²) >= 11 is 0. The van der Waals surface area contributed by atoms with E-state index in [4.69, 9.17) is 0 Å². The summed E-state index contributed by atoms with van der Waals surface area (Å²) in [5.74, 6) is -0.245. The Morgan fingerprint density at radius 1 is 1.00 bits per heavy atom. The first-order valence-corrected chi connectivity index (χ1v) is 3.29. The number of primary amides is 1. The van der Waals surface area contributed by atoms with Crippen LogP contribution in [0.1, 0.15) is 13.3 Å². The van der Waals surface area contributed by atoms with Crippen molar-refractivity contribution in [1.82, 2.24) is 0 Å². The maximum absolute atomic E-state index is 9.59. The second kappa shape index (κ2) is 58.1. The Bertz CT molecular complexity index is 49.8.